The molecule has 2 aromatic rings. The maximum atomic E-state index is 5.98. The largest absolute Gasteiger partial charge is 0.385 e. The molecule has 0 saturated heterocycles. The van der Waals surface area contributed by atoms with Crippen molar-refractivity contribution in [2.24, 2.45) is 0 Å². The van der Waals surface area contributed by atoms with Crippen LogP contribution in [0, 0.1) is 6.92 Å². The van der Waals surface area contributed by atoms with Gasteiger partial charge in [0.15, 0.2) is 5.65 Å². The SMILES string of the molecule is CCn1nc(C)c2nc(N)n(CCCCOC)c21. The maximum Gasteiger partial charge on any atom is 0.202 e. The van der Waals surface area contributed by atoms with Crippen molar-refractivity contribution in [3.8, 4) is 0 Å². The van der Waals surface area contributed by atoms with Crippen LogP contribution in [0.2, 0.25) is 0 Å². The number of nitrogens with zero attached hydrogens (tertiary/aromatic N) is 4. The second-order valence-corrected chi connectivity index (χ2v) is 4.39. The van der Waals surface area contributed by atoms with Crippen molar-refractivity contribution in [1.82, 2.24) is 19.3 Å². The number of anilines is 1. The maximum absolute atomic E-state index is 5.98. The second kappa shape index (κ2) is 5.39. The van der Waals surface area contributed by atoms with Crippen LogP contribution in [0.25, 0.3) is 11.2 Å². The summed E-state index contributed by atoms with van der Waals surface area (Å²) < 4.78 is 9.07. The average Bonchev–Trinajstić information content (AvgIpc) is 2.83. The number of imidazole rings is 1. The van der Waals surface area contributed by atoms with E-state index in [1.165, 1.54) is 0 Å². The Hall–Kier alpha value is -1.56. The minimum Gasteiger partial charge on any atom is -0.385 e. The summed E-state index contributed by atoms with van der Waals surface area (Å²) in [4.78, 5) is 4.41. The molecule has 0 saturated carbocycles. The number of hydrogen-bond donors (Lipinski definition) is 1. The van der Waals surface area contributed by atoms with Crippen LogP contribution >= 0.6 is 0 Å². The number of fused-ring (bicyclic) bond motifs is 1. The van der Waals surface area contributed by atoms with Gasteiger partial charge in [-0.3, -0.25) is 4.57 Å². The first-order valence-electron chi connectivity index (χ1n) is 6.37. The third-order valence-corrected chi connectivity index (χ3v) is 3.11. The van der Waals surface area contributed by atoms with Gasteiger partial charge >= 0.3 is 0 Å². The topological polar surface area (TPSA) is 70.9 Å². The normalized spacial score (nSPS) is 11.5. The van der Waals surface area contributed by atoms with Crippen molar-refractivity contribution >= 4 is 17.1 Å². The van der Waals surface area contributed by atoms with E-state index in [1.807, 2.05) is 11.6 Å². The second-order valence-electron chi connectivity index (χ2n) is 4.39. The first-order valence-corrected chi connectivity index (χ1v) is 6.37. The molecule has 0 amide bonds. The predicted octanol–water partition coefficient (Wildman–Crippen LogP) is 1.57. The summed E-state index contributed by atoms with van der Waals surface area (Å²) in [6.07, 6.45) is 2.05. The van der Waals surface area contributed by atoms with Gasteiger partial charge in [-0.1, -0.05) is 0 Å². The summed E-state index contributed by atoms with van der Waals surface area (Å²) >= 11 is 0. The zero-order valence-electron chi connectivity index (χ0n) is 11.3. The molecule has 2 N–H and O–H groups in total. The van der Waals surface area contributed by atoms with Crippen molar-refractivity contribution in [2.45, 2.75) is 39.8 Å². The molecule has 0 aromatic carbocycles. The number of ether oxygens (including phenoxy) is 1. The number of aromatic nitrogens is 4. The van der Waals surface area contributed by atoms with Crippen molar-refractivity contribution in [3.63, 3.8) is 0 Å². The van der Waals surface area contributed by atoms with Gasteiger partial charge in [0.05, 0.1) is 5.69 Å². The lowest BCUT2D eigenvalue weighted by atomic mass is 10.3. The quantitative estimate of drug-likeness (QED) is 0.791. The van der Waals surface area contributed by atoms with Gasteiger partial charge in [0.25, 0.3) is 0 Å². The summed E-state index contributed by atoms with van der Waals surface area (Å²) in [5.74, 6) is 0.574. The van der Waals surface area contributed by atoms with E-state index < -0.39 is 0 Å². The standard InChI is InChI=1S/C12H21N5O/c1-4-17-11-10(9(2)15-17)14-12(13)16(11)7-5-6-8-18-3/h4-8H2,1-3H3,(H2,13,14). The summed E-state index contributed by atoms with van der Waals surface area (Å²) in [7, 11) is 1.72. The molecule has 0 aliphatic rings. The summed E-state index contributed by atoms with van der Waals surface area (Å²) in [5.41, 5.74) is 8.87. The molecule has 6 heteroatoms. The molecule has 0 bridgehead atoms. The fourth-order valence-electron chi connectivity index (χ4n) is 2.20. The molecule has 0 spiro atoms. The molecule has 0 radical (unpaired) electrons. The van der Waals surface area contributed by atoms with Crippen LogP contribution in [-0.4, -0.2) is 33.0 Å². The van der Waals surface area contributed by atoms with Gasteiger partial charge in [-0.25, -0.2) is 9.67 Å². The van der Waals surface area contributed by atoms with Crippen molar-refractivity contribution in [2.75, 3.05) is 19.5 Å². The lowest BCUT2D eigenvalue weighted by Gasteiger charge is -2.07. The zero-order valence-corrected chi connectivity index (χ0v) is 11.3. The van der Waals surface area contributed by atoms with Crippen LogP contribution < -0.4 is 5.73 Å². The number of hydrogen-bond acceptors (Lipinski definition) is 4. The molecule has 0 fully saturated rings. The third-order valence-electron chi connectivity index (χ3n) is 3.11. The van der Waals surface area contributed by atoms with E-state index in [-0.39, 0.29) is 0 Å². The predicted molar refractivity (Wildman–Crippen MR) is 71.5 cm³/mol. The van der Waals surface area contributed by atoms with E-state index in [0.29, 0.717) is 5.95 Å². The molecule has 2 rings (SSSR count). The molecule has 0 aliphatic heterocycles. The van der Waals surface area contributed by atoms with E-state index in [1.54, 1.807) is 7.11 Å². The fraction of sp³-hybridized carbons (Fsp3) is 0.667. The molecular weight excluding hydrogens is 230 g/mol. The summed E-state index contributed by atoms with van der Waals surface area (Å²) in [6, 6.07) is 0. The van der Waals surface area contributed by atoms with Gasteiger partial charge in [0.1, 0.15) is 5.52 Å². The van der Waals surface area contributed by atoms with Crippen LogP contribution in [0.1, 0.15) is 25.5 Å². The highest BCUT2D eigenvalue weighted by Gasteiger charge is 2.15. The van der Waals surface area contributed by atoms with Gasteiger partial charge < -0.3 is 10.5 Å². The van der Waals surface area contributed by atoms with Gasteiger partial charge in [-0.15, -0.1) is 0 Å². The Labute approximate surface area is 107 Å². The van der Waals surface area contributed by atoms with Crippen molar-refractivity contribution in [3.05, 3.63) is 5.69 Å². The molecule has 18 heavy (non-hydrogen) atoms. The molecule has 6 nitrogen and oxygen atoms in total. The van der Waals surface area contributed by atoms with E-state index in [9.17, 15) is 0 Å². The molecule has 0 atom stereocenters. The first-order chi connectivity index (χ1) is 8.69. The highest BCUT2D eigenvalue weighted by atomic mass is 16.5. The lowest BCUT2D eigenvalue weighted by molar-refractivity contribution is 0.191. The molecule has 100 valence electrons. The van der Waals surface area contributed by atoms with Gasteiger partial charge in [0, 0.05) is 26.8 Å². The number of nitrogens with two attached hydrogens (primary N) is 1. The smallest absolute Gasteiger partial charge is 0.202 e. The van der Waals surface area contributed by atoms with Crippen LogP contribution in [0.15, 0.2) is 0 Å². The van der Waals surface area contributed by atoms with Crippen LogP contribution in [-0.2, 0) is 17.8 Å². The van der Waals surface area contributed by atoms with Crippen LogP contribution in [0.5, 0.6) is 0 Å². The highest BCUT2D eigenvalue weighted by molar-refractivity contribution is 5.77. The number of unbranched alkanes of at least 4 members (excludes halogenated alkanes) is 1. The Balaban J connectivity index is 2.27. The first kappa shape index (κ1) is 12.9. The highest BCUT2D eigenvalue weighted by Crippen LogP contribution is 2.21. The van der Waals surface area contributed by atoms with E-state index in [0.717, 1.165) is 49.4 Å². The van der Waals surface area contributed by atoms with Crippen LogP contribution in [0.3, 0.4) is 0 Å². The minimum absolute atomic E-state index is 0.574. The van der Waals surface area contributed by atoms with E-state index in [4.69, 9.17) is 10.5 Å². The molecule has 2 aromatic heterocycles. The molecular formula is C12H21N5O. The average molecular weight is 251 g/mol. The molecule has 0 unspecified atom stereocenters. The Bertz CT molecular complexity index is 528. The Morgan fingerprint density at radius 2 is 2.11 bits per heavy atom. The minimum atomic E-state index is 0.574. The fourth-order valence-corrected chi connectivity index (χ4v) is 2.20. The number of nitrogen functional groups attached to an aromatic ring is 1. The van der Waals surface area contributed by atoms with Gasteiger partial charge in [-0.05, 0) is 26.7 Å². The lowest BCUT2D eigenvalue weighted by Crippen LogP contribution is -2.09. The van der Waals surface area contributed by atoms with E-state index >= 15 is 0 Å². The Morgan fingerprint density at radius 1 is 1.33 bits per heavy atom. The monoisotopic (exact) mass is 251 g/mol. The Kier molecular flexibility index (Phi) is 3.86. The van der Waals surface area contributed by atoms with Crippen LogP contribution in [0.4, 0.5) is 5.95 Å². The number of methoxy groups -OCH3 is 1. The number of rotatable bonds is 6. The van der Waals surface area contributed by atoms with Crippen molar-refractivity contribution in [1.29, 1.82) is 0 Å². The van der Waals surface area contributed by atoms with E-state index in [2.05, 4.69) is 21.6 Å². The van der Waals surface area contributed by atoms with Gasteiger partial charge in [0.2, 0.25) is 5.95 Å². The number of aryl methyl sites for hydroxylation is 3. The summed E-state index contributed by atoms with van der Waals surface area (Å²) in [5, 5.41) is 4.47. The third kappa shape index (κ3) is 2.20. The molecule has 0 aliphatic carbocycles. The molecule has 2 heterocycles. The summed E-state index contributed by atoms with van der Waals surface area (Å²) in [6.45, 7) is 6.51. The zero-order chi connectivity index (χ0) is 13.1. The Morgan fingerprint density at radius 3 is 2.78 bits per heavy atom. The van der Waals surface area contributed by atoms with Crippen molar-refractivity contribution < 1.29 is 4.74 Å². The van der Waals surface area contributed by atoms with Gasteiger partial charge in [-0.2, -0.15) is 5.10 Å².